The second-order valence-electron chi connectivity index (χ2n) is 5.53. The second kappa shape index (κ2) is 8.05. The van der Waals surface area contributed by atoms with E-state index in [0.717, 1.165) is 32.7 Å². The number of rotatable bonds is 7. The van der Waals surface area contributed by atoms with Gasteiger partial charge < -0.3 is 9.80 Å². The molecule has 130 valence electrons. The lowest BCUT2D eigenvalue weighted by Gasteiger charge is -2.35. The lowest BCUT2D eigenvalue weighted by molar-refractivity contribution is 0.270. The zero-order chi connectivity index (χ0) is 16.9. The monoisotopic (exact) mass is 344 g/mol. The Hall–Kier alpha value is -1.22. The minimum atomic E-state index is -3.52. The molecule has 1 aliphatic rings. The SMILES string of the molecule is CCNS(=O)(=O)NCc1ccc(N2CCN(CC)CC2)c(F)c1. The Morgan fingerprint density at radius 2 is 1.83 bits per heavy atom. The Labute approximate surface area is 137 Å². The molecule has 2 rings (SSSR count). The molecule has 1 aromatic rings. The van der Waals surface area contributed by atoms with Gasteiger partial charge in [-0.2, -0.15) is 13.1 Å². The Kier molecular flexibility index (Phi) is 6.34. The lowest BCUT2D eigenvalue weighted by atomic mass is 10.1. The number of nitrogens with zero attached hydrogens (tertiary/aromatic N) is 2. The maximum Gasteiger partial charge on any atom is 0.277 e. The third-order valence-electron chi connectivity index (χ3n) is 3.97. The van der Waals surface area contributed by atoms with Crippen LogP contribution in [0.3, 0.4) is 0 Å². The first-order valence-corrected chi connectivity index (χ1v) is 9.43. The molecule has 1 aromatic carbocycles. The van der Waals surface area contributed by atoms with Crippen molar-refractivity contribution in [3.8, 4) is 0 Å². The van der Waals surface area contributed by atoms with Crippen LogP contribution in [0.25, 0.3) is 0 Å². The summed E-state index contributed by atoms with van der Waals surface area (Å²) in [5.41, 5.74) is 1.18. The second-order valence-corrected chi connectivity index (χ2v) is 7.11. The Balaban J connectivity index is 1.98. The van der Waals surface area contributed by atoms with E-state index in [1.54, 1.807) is 19.1 Å². The average Bonchev–Trinajstić information content (AvgIpc) is 2.53. The zero-order valence-corrected chi connectivity index (χ0v) is 14.5. The highest BCUT2D eigenvalue weighted by atomic mass is 32.2. The molecule has 8 heteroatoms. The van der Waals surface area contributed by atoms with Gasteiger partial charge in [-0.15, -0.1) is 0 Å². The van der Waals surface area contributed by atoms with Crippen LogP contribution in [0.1, 0.15) is 19.4 Å². The van der Waals surface area contributed by atoms with Crippen molar-refractivity contribution in [1.82, 2.24) is 14.3 Å². The predicted octanol–water partition coefficient (Wildman–Crippen LogP) is 0.911. The van der Waals surface area contributed by atoms with Crippen molar-refractivity contribution in [2.24, 2.45) is 0 Å². The average molecular weight is 344 g/mol. The number of nitrogens with one attached hydrogen (secondary N) is 2. The minimum absolute atomic E-state index is 0.0656. The van der Waals surface area contributed by atoms with Gasteiger partial charge in [0.15, 0.2) is 0 Å². The summed E-state index contributed by atoms with van der Waals surface area (Å²) in [5.74, 6) is -0.310. The number of hydrogen-bond donors (Lipinski definition) is 2. The maximum absolute atomic E-state index is 14.3. The van der Waals surface area contributed by atoms with E-state index < -0.39 is 10.2 Å². The first-order valence-electron chi connectivity index (χ1n) is 7.95. The predicted molar refractivity (Wildman–Crippen MR) is 90.2 cm³/mol. The van der Waals surface area contributed by atoms with Crippen molar-refractivity contribution in [2.45, 2.75) is 20.4 Å². The van der Waals surface area contributed by atoms with Crippen molar-refractivity contribution in [2.75, 3.05) is 44.2 Å². The Morgan fingerprint density at radius 1 is 1.13 bits per heavy atom. The van der Waals surface area contributed by atoms with Gasteiger partial charge in [0.05, 0.1) is 5.69 Å². The summed E-state index contributed by atoms with van der Waals surface area (Å²) in [7, 11) is -3.52. The smallest absolute Gasteiger partial charge is 0.277 e. The summed E-state index contributed by atoms with van der Waals surface area (Å²) >= 11 is 0. The van der Waals surface area contributed by atoms with E-state index in [1.165, 1.54) is 6.07 Å². The normalized spacial score (nSPS) is 16.7. The molecule has 0 unspecified atom stereocenters. The molecule has 0 saturated carbocycles. The van der Waals surface area contributed by atoms with E-state index in [0.29, 0.717) is 17.8 Å². The number of benzene rings is 1. The van der Waals surface area contributed by atoms with Gasteiger partial charge in [0.25, 0.3) is 10.2 Å². The topological polar surface area (TPSA) is 64.7 Å². The fraction of sp³-hybridized carbons (Fsp3) is 0.600. The zero-order valence-electron chi connectivity index (χ0n) is 13.7. The highest BCUT2D eigenvalue weighted by Crippen LogP contribution is 2.22. The van der Waals surface area contributed by atoms with Gasteiger partial charge in [0, 0.05) is 39.3 Å². The molecular weight excluding hydrogens is 319 g/mol. The standard InChI is InChI=1S/C15H25FN4O2S/c1-3-17-23(21,22)18-12-13-5-6-15(14(16)11-13)20-9-7-19(4-2)8-10-20/h5-6,11,17-18H,3-4,7-10,12H2,1-2H3. The molecule has 0 aliphatic carbocycles. The van der Waals surface area contributed by atoms with Crippen molar-refractivity contribution < 1.29 is 12.8 Å². The summed E-state index contributed by atoms with van der Waals surface area (Å²) in [6.45, 7) is 8.68. The van der Waals surface area contributed by atoms with Crippen molar-refractivity contribution in [3.63, 3.8) is 0 Å². The van der Waals surface area contributed by atoms with Crippen LogP contribution in [0.2, 0.25) is 0 Å². The summed E-state index contributed by atoms with van der Waals surface area (Å²) in [6, 6.07) is 4.89. The van der Waals surface area contributed by atoms with Gasteiger partial charge in [-0.05, 0) is 24.2 Å². The number of likely N-dealkylation sites (N-methyl/N-ethyl adjacent to an activating group) is 1. The van der Waals surface area contributed by atoms with E-state index in [-0.39, 0.29) is 12.4 Å². The third kappa shape index (κ3) is 5.13. The minimum Gasteiger partial charge on any atom is -0.367 e. The summed E-state index contributed by atoms with van der Waals surface area (Å²) in [6.07, 6.45) is 0. The number of piperazine rings is 1. The van der Waals surface area contributed by atoms with E-state index in [1.807, 2.05) is 4.90 Å². The maximum atomic E-state index is 14.3. The molecule has 1 aliphatic heterocycles. The van der Waals surface area contributed by atoms with Crippen LogP contribution in [0.5, 0.6) is 0 Å². The molecule has 2 N–H and O–H groups in total. The quantitative estimate of drug-likeness (QED) is 0.772. The van der Waals surface area contributed by atoms with Gasteiger partial charge in [-0.3, -0.25) is 0 Å². The van der Waals surface area contributed by atoms with Crippen LogP contribution in [0, 0.1) is 5.82 Å². The van der Waals surface area contributed by atoms with Crippen LogP contribution in [-0.4, -0.2) is 52.6 Å². The molecule has 1 saturated heterocycles. The molecule has 0 atom stereocenters. The van der Waals surface area contributed by atoms with Gasteiger partial charge in [0.2, 0.25) is 0 Å². The van der Waals surface area contributed by atoms with E-state index in [2.05, 4.69) is 21.3 Å². The molecular formula is C15H25FN4O2S. The molecule has 0 bridgehead atoms. The van der Waals surface area contributed by atoms with Crippen LogP contribution in [0.4, 0.5) is 10.1 Å². The van der Waals surface area contributed by atoms with Gasteiger partial charge in [-0.25, -0.2) is 9.11 Å². The lowest BCUT2D eigenvalue weighted by Crippen LogP contribution is -2.46. The molecule has 0 spiro atoms. The first kappa shape index (κ1) is 18.1. The third-order valence-corrected chi connectivity index (χ3v) is 5.17. The van der Waals surface area contributed by atoms with E-state index in [9.17, 15) is 12.8 Å². The fourth-order valence-electron chi connectivity index (χ4n) is 2.64. The van der Waals surface area contributed by atoms with Crippen molar-refractivity contribution in [3.05, 3.63) is 29.6 Å². The summed E-state index contributed by atoms with van der Waals surface area (Å²) in [4.78, 5) is 4.37. The molecule has 6 nitrogen and oxygen atoms in total. The van der Waals surface area contributed by atoms with Crippen molar-refractivity contribution >= 4 is 15.9 Å². The highest BCUT2D eigenvalue weighted by Gasteiger charge is 2.18. The summed E-state index contributed by atoms with van der Waals surface area (Å²) in [5, 5.41) is 0. The molecule has 1 fully saturated rings. The Bertz CT molecular complexity index is 616. The van der Waals surface area contributed by atoms with E-state index in [4.69, 9.17) is 0 Å². The van der Waals surface area contributed by atoms with Crippen molar-refractivity contribution in [1.29, 1.82) is 0 Å². The number of halogens is 1. The molecule has 23 heavy (non-hydrogen) atoms. The number of anilines is 1. The molecule has 1 heterocycles. The highest BCUT2D eigenvalue weighted by molar-refractivity contribution is 7.87. The van der Waals surface area contributed by atoms with Gasteiger partial charge >= 0.3 is 0 Å². The van der Waals surface area contributed by atoms with Crippen LogP contribution < -0.4 is 14.3 Å². The van der Waals surface area contributed by atoms with Crippen LogP contribution >= 0.6 is 0 Å². The van der Waals surface area contributed by atoms with Crippen LogP contribution in [0.15, 0.2) is 18.2 Å². The summed E-state index contributed by atoms with van der Waals surface area (Å²) < 4.78 is 42.1. The molecule has 0 radical (unpaired) electrons. The first-order chi connectivity index (χ1) is 10.9. The number of hydrogen-bond acceptors (Lipinski definition) is 4. The largest absolute Gasteiger partial charge is 0.367 e. The van der Waals surface area contributed by atoms with Gasteiger partial charge in [-0.1, -0.05) is 19.9 Å². The Morgan fingerprint density at radius 3 is 2.39 bits per heavy atom. The van der Waals surface area contributed by atoms with Gasteiger partial charge in [0.1, 0.15) is 5.82 Å². The molecule has 0 aromatic heterocycles. The van der Waals surface area contributed by atoms with E-state index >= 15 is 0 Å². The fourth-order valence-corrected chi connectivity index (χ4v) is 3.48. The van der Waals surface area contributed by atoms with Crippen LogP contribution in [-0.2, 0) is 16.8 Å². The molecule has 0 amide bonds.